The van der Waals surface area contributed by atoms with Crippen molar-refractivity contribution < 1.29 is 23.9 Å². The number of pyridine rings is 1. The van der Waals surface area contributed by atoms with Gasteiger partial charge in [-0.15, -0.1) is 0 Å². The van der Waals surface area contributed by atoms with Gasteiger partial charge in [0.2, 0.25) is 17.7 Å². The van der Waals surface area contributed by atoms with Gasteiger partial charge >= 0.3 is 6.03 Å². The van der Waals surface area contributed by atoms with Gasteiger partial charge in [0, 0.05) is 12.1 Å². The molecule has 2 aromatic rings. The largest absolute Gasteiger partial charge is 0.496 e. The zero-order valence-corrected chi connectivity index (χ0v) is 20.5. The lowest BCUT2D eigenvalue weighted by molar-refractivity contribution is -0.135. The van der Waals surface area contributed by atoms with Crippen molar-refractivity contribution in [1.82, 2.24) is 15.2 Å². The minimum absolute atomic E-state index is 0.250. The van der Waals surface area contributed by atoms with Crippen LogP contribution >= 0.6 is 0 Å². The Labute approximate surface area is 205 Å². The Kier molecular flexibility index (Phi) is 10.2. The van der Waals surface area contributed by atoms with Crippen molar-refractivity contribution in [1.29, 1.82) is 0 Å². The van der Waals surface area contributed by atoms with Crippen LogP contribution in [0.25, 0.3) is 0 Å². The van der Waals surface area contributed by atoms with Crippen LogP contribution in [-0.2, 0) is 27.2 Å². The molecule has 2 rings (SSSR count). The lowest BCUT2D eigenvalue weighted by atomic mass is 9.96. The van der Waals surface area contributed by atoms with E-state index in [0.717, 1.165) is 22.4 Å². The topological polar surface area (TPSA) is 144 Å². The third kappa shape index (κ3) is 7.80. The lowest BCUT2D eigenvalue weighted by Crippen LogP contribution is -2.54. The van der Waals surface area contributed by atoms with Crippen molar-refractivity contribution in [3.05, 3.63) is 53.7 Å². The number of hydrogen-bond acceptors (Lipinski definition) is 6. The highest BCUT2D eigenvalue weighted by Gasteiger charge is 2.31. The summed E-state index contributed by atoms with van der Waals surface area (Å²) in [6, 6.07) is 8.93. The van der Waals surface area contributed by atoms with Crippen LogP contribution in [0.3, 0.4) is 0 Å². The number of carbonyl (C=O) groups excluding carboxylic acids is 4. The first-order chi connectivity index (χ1) is 16.7. The highest BCUT2D eigenvalue weighted by Crippen LogP contribution is 2.24. The highest BCUT2D eigenvalue weighted by atomic mass is 16.5. The summed E-state index contributed by atoms with van der Waals surface area (Å²) >= 11 is 0. The summed E-state index contributed by atoms with van der Waals surface area (Å²) in [5.41, 5.74) is 7.20. The molecule has 0 aliphatic heterocycles. The van der Waals surface area contributed by atoms with Gasteiger partial charge in [-0.25, -0.2) is 9.78 Å². The molecule has 0 spiro atoms. The van der Waals surface area contributed by atoms with E-state index in [9.17, 15) is 19.2 Å². The molecule has 1 aromatic carbocycles. The molecule has 0 radical (unpaired) electrons. The SMILES string of the molecule is CCc1ccc(OC)c(CC(C)C(=O)N(CC(N)=O)C(=O)NC(CC)C(=O)Nc2ccccn2)c1. The van der Waals surface area contributed by atoms with E-state index in [1.165, 1.54) is 6.20 Å². The van der Waals surface area contributed by atoms with Crippen molar-refractivity contribution in [2.45, 2.75) is 46.1 Å². The van der Waals surface area contributed by atoms with Gasteiger partial charge in [-0.1, -0.05) is 39.0 Å². The summed E-state index contributed by atoms with van der Waals surface area (Å²) in [5.74, 6) is -1.65. The standard InChI is InChI=1S/C25H33N5O5/c1-5-17-10-11-20(35-4)18(14-17)13-16(3)24(33)30(15-21(26)31)25(34)28-19(6-2)23(32)29-22-9-7-8-12-27-22/h7-12,14,16,19H,5-6,13,15H2,1-4H3,(H2,26,31)(H,28,34)(H,27,29,32). The quantitative estimate of drug-likeness (QED) is 0.447. The van der Waals surface area contributed by atoms with Gasteiger partial charge < -0.3 is 21.1 Å². The fourth-order valence-electron chi connectivity index (χ4n) is 3.53. The summed E-state index contributed by atoms with van der Waals surface area (Å²) < 4.78 is 5.41. The number of primary amides is 1. The van der Waals surface area contributed by atoms with Crippen LogP contribution in [-0.4, -0.2) is 53.3 Å². The number of nitrogens with zero attached hydrogens (tertiary/aromatic N) is 2. The van der Waals surface area contributed by atoms with Crippen LogP contribution in [0.2, 0.25) is 0 Å². The number of carbonyl (C=O) groups is 4. The third-order valence-corrected chi connectivity index (χ3v) is 5.46. The molecule has 1 aromatic heterocycles. The fraction of sp³-hybridized carbons (Fsp3) is 0.400. The van der Waals surface area contributed by atoms with E-state index < -0.39 is 42.3 Å². The number of imide groups is 1. The van der Waals surface area contributed by atoms with Crippen LogP contribution in [0.4, 0.5) is 10.6 Å². The Balaban J connectivity index is 2.16. The number of nitrogens with one attached hydrogen (secondary N) is 2. The molecule has 2 unspecified atom stereocenters. The smallest absolute Gasteiger partial charge is 0.325 e. The minimum Gasteiger partial charge on any atom is -0.496 e. The first-order valence-corrected chi connectivity index (χ1v) is 11.5. The zero-order valence-electron chi connectivity index (χ0n) is 20.5. The number of urea groups is 1. The maximum Gasteiger partial charge on any atom is 0.325 e. The van der Waals surface area contributed by atoms with Crippen LogP contribution < -0.4 is 21.1 Å². The zero-order chi connectivity index (χ0) is 26.0. The predicted molar refractivity (Wildman–Crippen MR) is 132 cm³/mol. The van der Waals surface area contributed by atoms with Gasteiger partial charge in [-0.2, -0.15) is 0 Å². The summed E-state index contributed by atoms with van der Waals surface area (Å²) in [6.07, 6.45) is 2.87. The van der Waals surface area contributed by atoms with E-state index in [1.807, 2.05) is 25.1 Å². The molecule has 0 fully saturated rings. The number of hydrogen-bond donors (Lipinski definition) is 3. The van der Waals surface area contributed by atoms with Crippen LogP contribution in [0.15, 0.2) is 42.6 Å². The second-order valence-corrected chi connectivity index (χ2v) is 8.11. The number of nitrogens with two attached hydrogens (primary N) is 1. The molecular weight excluding hydrogens is 450 g/mol. The Morgan fingerprint density at radius 3 is 2.46 bits per heavy atom. The number of anilines is 1. The minimum atomic E-state index is -0.954. The van der Waals surface area contributed by atoms with Crippen molar-refractivity contribution in [3.63, 3.8) is 0 Å². The van der Waals surface area contributed by atoms with E-state index in [4.69, 9.17) is 10.5 Å². The number of benzene rings is 1. The number of aryl methyl sites for hydroxylation is 1. The maximum absolute atomic E-state index is 13.2. The first-order valence-electron chi connectivity index (χ1n) is 11.5. The Bertz CT molecular complexity index is 1040. The van der Waals surface area contributed by atoms with Gasteiger partial charge in [-0.05, 0) is 48.6 Å². The van der Waals surface area contributed by atoms with E-state index in [1.54, 1.807) is 39.2 Å². The molecule has 0 aliphatic carbocycles. The molecule has 0 bridgehead atoms. The van der Waals surface area contributed by atoms with Crippen molar-refractivity contribution in [2.24, 2.45) is 11.7 Å². The molecule has 0 saturated carbocycles. The molecule has 35 heavy (non-hydrogen) atoms. The van der Waals surface area contributed by atoms with Crippen molar-refractivity contribution in [2.75, 3.05) is 19.0 Å². The molecule has 4 N–H and O–H groups in total. The van der Waals surface area contributed by atoms with Crippen LogP contribution in [0.1, 0.15) is 38.3 Å². The maximum atomic E-state index is 13.2. The van der Waals surface area contributed by atoms with E-state index in [2.05, 4.69) is 15.6 Å². The normalized spacial score (nSPS) is 12.2. The number of rotatable bonds is 11. The van der Waals surface area contributed by atoms with E-state index in [0.29, 0.717) is 11.6 Å². The Morgan fingerprint density at radius 1 is 1.14 bits per heavy atom. The number of ether oxygens (including phenoxy) is 1. The predicted octanol–water partition coefficient (Wildman–Crippen LogP) is 2.27. The first kappa shape index (κ1) is 27.3. The van der Waals surface area contributed by atoms with Gasteiger partial charge in [0.15, 0.2) is 0 Å². The van der Waals surface area contributed by atoms with Crippen molar-refractivity contribution in [3.8, 4) is 5.75 Å². The van der Waals surface area contributed by atoms with Crippen molar-refractivity contribution >= 4 is 29.6 Å². The van der Waals surface area contributed by atoms with Gasteiger partial charge in [0.1, 0.15) is 24.2 Å². The molecule has 10 nitrogen and oxygen atoms in total. The summed E-state index contributed by atoms with van der Waals surface area (Å²) in [7, 11) is 1.55. The summed E-state index contributed by atoms with van der Waals surface area (Å²) in [5, 5.41) is 5.14. The molecule has 188 valence electrons. The third-order valence-electron chi connectivity index (χ3n) is 5.46. The number of methoxy groups -OCH3 is 1. The average Bonchev–Trinajstić information content (AvgIpc) is 2.85. The van der Waals surface area contributed by atoms with Crippen LogP contribution in [0, 0.1) is 5.92 Å². The molecule has 0 saturated heterocycles. The van der Waals surface area contributed by atoms with Crippen LogP contribution in [0.5, 0.6) is 5.75 Å². The second kappa shape index (κ2) is 13.1. The van der Waals surface area contributed by atoms with Gasteiger partial charge in [0.25, 0.3) is 0 Å². The van der Waals surface area contributed by atoms with Gasteiger partial charge in [-0.3, -0.25) is 19.3 Å². The Morgan fingerprint density at radius 2 is 1.89 bits per heavy atom. The Hall–Kier alpha value is -3.95. The number of aromatic nitrogens is 1. The second-order valence-electron chi connectivity index (χ2n) is 8.11. The summed E-state index contributed by atoms with van der Waals surface area (Å²) in [4.78, 5) is 55.3. The molecule has 10 heteroatoms. The number of amides is 5. The molecule has 0 aliphatic rings. The highest BCUT2D eigenvalue weighted by molar-refractivity contribution is 6.02. The molecule has 1 heterocycles. The molecule has 2 atom stereocenters. The summed E-state index contributed by atoms with van der Waals surface area (Å²) in [6.45, 7) is 4.78. The van der Waals surface area contributed by atoms with E-state index >= 15 is 0 Å². The van der Waals surface area contributed by atoms with E-state index in [-0.39, 0.29) is 12.8 Å². The monoisotopic (exact) mass is 483 g/mol. The lowest BCUT2D eigenvalue weighted by Gasteiger charge is -2.26. The molecular formula is C25H33N5O5. The fourth-order valence-corrected chi connectivity index (χ4v) is 3.53. The van der Waals surface area contributed by atoms with Gasteiger partial charge in [0.05, 0.1) is 7.11 Å². The average molecular weight is 484 g/mol. The molecule has 5 amide bonds.